The topological polar surface area (TPSA) is 106 Å². The van der Waals surface area contributed by atoms with Crippen molar-refractivity contribution in [3.05, 3.63) is 47.7 Å². The molecule has 0 unspecified atom stereocenters. The average Bonchev–Trinajstić information content (AvgIpc) is 3.32. The number of β-lactam (4-membered cyclic amide) rings is 1. The second-order valence-corrected chi connectivity index (χ2v) is 13.7. The highest BCUT2D eigenvalue weighted by Crippen LogP contribution is 2.41. The minimum absolute atomic E-state index is 0.151. The number of thiazole rings is 1. The maximum atomic E-state index is 13.0. The van der Waals surface area contributed by atoms with Gasteiger partial charge in [-0.05, 0) is 35.4 Å². The highest BCUT2D eigenvalue weighted by atomic mass is 35.5. The number of para-hydroxylation sites is 1. The Morgan fingerprint density at radius 3 is 2.85 bits per heavy atom. The quantitative estimate of drug-likeness (QED) is 0.0898. The van der Waals surface area contributed by atoms with E-state index in [1.54, 1.807) is 0 Å². The fourth-order valence-corrected chi connectivity index (χ4v) is 7.80. The summed E-state index contributed by atoms with van der Waals surface area (Å²) in [6.45, 7) is 2.50. The van der Waals surface area contributed by atoms with Gasteiger partial charge in [-0.1, -0.05) is 30.0 Å². The molecular formula is C26H32ClN6O3S3+. The number of fused-ring (bicyclic) bond motifs is 2. The normalized spacial score (nSPS) is 19.3. The third kappa shape index (κ3) is 7.23. The van der Waals surface area contributed by atoms with Crippen LogP contribution in [-0.4, -0.2) is 106 Å². The van der Waals surface area contributed by atoms with Gasteiger partial charge in [-0.25, -0.2) is 4.98 Å². The molecule has 0 radical (unpaired) electrons. The summed E-state index contributed by atoms with van der Waals surface area (Å²) in [5.41, 5.74) is 1.82. The lowest BCUT2D eigenvalue weighted by atomic mass is 10.0. The Morgan fingerprint density at radius 1 is 1.36 bits per heavy atom. The molecule has 2 aliphatic heterocycles. The van der Waals surface area contributed by atoms with Crippen LogP contribution in [0.1, 0.15) is 6.42 Å². The zero-order valence-electron chi connectivity index (χ0n) is 22.1. The van der Waals surface area contributed by atoms with Crippen LogP contribution in [-0.2, 0) is 14.4 Å². The van der Waals surface area contributed by atoms with E-state index in [1.165, 1.54) is 46.1 Å². The summed E-state index contributed by atoms with van der Waals surface area (Å²) in [6, 6.07) is 7.12. The molecule has 0 aliphatic carbocycles. The number of thioether (sulfide) groups is 2. The van der Waals surface area contributed by atoms with E-state index in [4.69, 9.17) is 17.0 Å². The van der Waals surface area contributed by atoms with Gasteiger partial charge in [-0.3, -0.25) is 24.7 Å². The molecule has 0 saturated carbocycles. The number of quaternary nitrogens is 1. The van der Waals surface area contributed by atoms with Crippen LogP contribution in [0.5, 0.6) is 0 Å². The summed E-state index contributed by atoms with van der Waals surface area (Å²) >= 11 is 10.3. The standard InChI is InChI=1S/C26H31ClN6O3S3/c1-31(16-28)11-7-13-33(2,3)12-6-8-17-14-37-25-21(24(36)32(25)22(17)23(27)35)30-20(34)15-38-26-29-18-9-4-5-10-19(18)39-26/h4-6,8-10,16,21,25,28H,7,11-15H2,1-3H3/p+1/t21-,25-/m1/s1. The highest BCUT2D eigenvalue weighted by molar-refractivity contribution is 8.01. The van der Waals surface area contributed by atoms with Gasteiger partial charge < -0.3 is 14.7 Å². The number of hydrogen-bond acceptors (Lipinski definition) is 8. The molecule has 1 aromatic heterocycles. The first kappa shape index (κ1) is 29.6. The number of allylic oxidation sites excluding steroid dienone is 2. The summed E-state index contributed by atoms with van der Waals surface area (Å²) in [5, 5.41) is 9.07. The fourth-order valence-electron chi connectivity index (χ4n) is 4.39. The number of aromatic nitrogens is 1. The van der Waals surface area contributed by atoms with Crippen molar-refractivity contribution < 1.29 is 18.9 Å². The molecule has 0 spiro atoms. The van der Waals surface area contributed by atoms with Crippen LogP contribution in [0.3, 0.4) is 0 Å². The summed E-state index contributed by atoms with van der Waals surface area (Å²) in [5.74, 6) is 0.0888. The van der Waals surface area contributed by atoms with Crippen molar-refractivity contribution in [2.45, 2.75) is 22.2 Å². The maximum absolute atomic E-state index is 13.0. The second-order valence-electron chi connectivity index (χ2n) is 10.0. The Kier molecular flexibility index (Phi) is 9.76. The summed E-state index contributed by atoms with van der Waals surface area (Å²) in [6.07, 6.45) is 6.17. The zero-order valence-corrected chi connectivity index (χ0v) is 25.3. The number of carbonyl (C=O) groups is 3. The SMILES string of the molecule is CN(C=N)CCC[N+](C)(C)CC=CC1=C(C(=O)Cl)N2C(=O)[C@@H](NC(=O)CSc3nc4ccccc4s3)[C@H]2SC1. The van der Waals surface area contributed by atoms with Crippen LogP contribution in [0.25, 0.3) is 10.2 Å². The average molecular weight is 608 g/mol. The minimum atomic E-state index is -0.690. The summed E-state index contributed by atoms with van der Waals surface area (Å²) in [7, 11) is 6.14. The van der Waals surface area contributed by atoms with E-state index in [9.17, 15) is 14.4 Å². The van der Waals surface area contributed by atoms with Crippen molar-refractivity contribution in [3.63, 3.8) is 0 Å². The Morgan fingerprint density at radius 2 is 2.13 bits per heavy atom. The molecule has 2 aromatic rings. The first-order valence-electron chi connectivity index (χ1n) is 12.4. The van der Waals surface area contributed by atoms with Crippen molar-refractivity contribution >= 4 is 80.1 Å². The van der Waals surface area contributed by atoms with E-state index in [0.29, 0.717) is 11.3 Å². The Bertz CT molecular complexity index is 1290. The summed E-state index contributed by atoms with van der Waals surface area (Å²) < 4.78 is 2.62. The number of amides is 2. The lowest BCUT2D eigenvalue weighted by Crippen LogP contribution is -2.70. The molecule has 9 nitrogen and oxygen atoms in total. The van der Waals surface area contributed by atoms with Crippen molar-refractivity contribution in [1.29, 1.82) is 5.41 Å². The van der Waals surface area contributed by atoms with E-state index in [2.05, 4.69) is 24.4 Å². The number of carbonyl (C=O) groups excluding carboxylic acids is 3. The lowest BCUT2D eigenvalue weighted by Gasteiger charge is -2.49. The van der Waals surface area contributed by atoms with Gasteiger partial charge >= 0.3 is 0 Å². The monoisotopic (exact) mass is 607 g/mol. The molecule has 1 fully saturated rings. The molecule has 208 valence electrons. The van der Waals surface area contributed by atoms with E-state index < -0.39 is 11.3 Å². The van der Waals surface area contributed by atoms with Crippen LogP contribution in [0.2, 0.25) is 0 Å². The van der Waals surface area contributed by atoms with Gasteiger partial charge in [0.15, 0.2) is 4.34 Å². The molecule has 3 heterocycles. The number of halogens is 1. The third-order valence-electron chi connectivity index (χ3n) is 6.51. The Labute approximate surface area is 245 Å². The Balaban J connectivity index is 1.32. The molecule has 2 amide bonds. The van der Waals surface area contributed by atoms with Crippen LogP contribution < -0.4 is 5.32 Å². The molecule has 2 N–H and O–H groups in total. The predicted molar refractivity (Wildman–Crippen MR) is 160 cm³/mol. The molecule has 4 rings (SSSR count). The number of likely N-dealkylation sites (N-methyl/N-ethyl adjacent to an activating group) is 1. The number of hydrogen-bond donors (Lipinski definition) is 2. The zero-order chi connectivity index (χ0) is 28.2. The first-order chi connectivity index (χ1) is 18.6. The van der Waals surface area contributed by atoms with Crippen molar-refractivity contribution in [2.24, 2.45) is 0 Å². The largest absolute Gasteiger partial charge is 0.366 e. The van der Waals surface area contributed by atoms with E-state index in [1.807, 2.05) is 48.4 Å². The number of benzene rings is 1. The minimum Gasteiger partial charge on any atom is -0.366 e. The van der Waals surface area contributed by atoms with Crippen LogP contribution in [0, 0.1) is 5.41 Å². The molecule has 13 heteroatoms. The third-order valence-corrected chi connectivity index (χ3v) is 10.2. The van der Waals surface area contributed by atoms with Gasteiger partial charge in [-0.2, -0.15) is 0 Å². The molecule has 2 aliphatic rings. The molecule has 2 atom stereocenters. The number of nitrogens with one attached hydrogen (secondary N) is 2. The lowest BCUT2D eigenvalue weighted by molar-refractivity contribution is -0.884. The van der Waals surface area contributed by atoms with Crippen molar-refractivity contribution in [1.82, 2.24) is 20.1 Å². The Hall–Kier alpha value is -2.38. The van der Waals surface area contributed by atoms with Gasteiger partial charge in [0.2, 0.25) is 5.91 Å². The predicted octanol–water partition coefficient (Wildman–Crippen LogP) is 3.37. The maximum Gasteiger partial charge on any atom is 0.269 e. The number of rotatable bonds is 13. The molecule has 39 heavy (non-hydrogen) atoms. The fraction of sp³-hybridized carbons (Fsp3) is 0.423. The number of nitrogens with zero attached hydrogens (tertiary/aromatic N) is 4. The van der Waals surface area contributed by atoms with Crippen molar-refractivity contribution in [3.8, 4) is 0 Å². The summed E-state index contributed by atoms with van der Waals surface area (Å²) in [4.78, 5) is 45.8. The van der Waals surface area contributed by atoms with Gasteiger partial charge in [0.05, 0.1) is 49.5 Å². The van der Waals surface area contributed by atoms with E-state index in [0.717, 1.165) is 45.1 Å². The highest BCUT2D eigenvalue weighted by Gasteiger charge is 2.53. The molecule has 0 bridgehead atoms. The van der Waals surface area contributed by atoms with Crippen LogP contribution in [0.4, 0.5) is 0 Å². The van der Waals surface area contributed by atoms with Crippen LogP contribution >= 0.6 is 46.5 Å². The molecule has 1 saturated heterocycles. The second kappa shape index (κ2) is 12.9. The van der Waals surface area contributed by atoms with E-state index >= 15 is 0 Å². The smallest absolute Gasteiger partial charge is 0.269 e. The van der Waals surface area contributed by atoms with Gasteiger partial charge in [0, 0.05) is 25.8 Å². The van der Waals surface area contributed by atoms with E-state index in [-0.39, 0.29) is 28.6 Å². The van der Waals surface area contributed by atoms with Crippen molar-refractivity contribution in [2.75, 3.05) is 52.3 Å². The van der Waals surface area contributed by atoms with Gasteiger partial charge in [-0.15, -0.1) is 23.1 Å². The van der Waals surface area contributed by atoms with Gasteiger partial charge in [0.1, 0.15) is 17.1 Å². The molecular weight excluding hydrogens is 576 g/mol. The molecule has 1 aromatic carbocycles. The van der Waals surface area contributed by atoms with Crippen LogP contribution in [0.15, 0.2) is 52.0 Å². The van der Waals surface area contributed by atoms with Gasteiger partial charge in [0.25, 0.3) is 11.1 Å². The first-order valence-corrected chi connectivity index (χ1v) is 15.7.